The summed E-state index contributed by atoms with van der Waals surface area (Å²) in [6.07, 6.45) is 0.311. The standard InChI is InChI=1S/C15H16FNO3S/c1-21(19,20)14-7-5-11(6-8-14)15(18)10-17-13-4-2-3-12(16)9-13/h2-9,15,17-18H,10H2,1H3. The van der Waals surface area contributed by atoms with Crippen LogP contribution in [0.3, 0.4) is 0 Å². The minimum atomic E-state index is -3.24. The van der Waals surface area contributed by atoms with E-state index in [1.54, 1.807) is 24.3 Å². The molecule has 6 heteroatoms. The van der Waals surface area contributed by atoms with Gasteiger partial charge in [-0.3, -0.25) is 0 Å². The number of rotatable bonds is 5. The molecule has 0 saturated heterocycles. The smallest absolute Gasteiger partial charge is 0.175 e. The lowest BCUT2D eigenvalue weighted by Crippen LogP contribution is -2.12. The second kappa shape index (κ2) is 6.24. The normalized spacial score (nSPS) is 12.9. The van der Waals surface area contributed by atoms with Crippen LogP contribution in [-0.2, 0) is 9.84 Å². The van der Waals surface area contributed by atoms with E-state index in [9.17, 15) is 17.9 Å². The van der Waals surface area contributed by atoms with Crippen LogP contribution in [0.4, 0.5) is 10.1 Å². The van der Waals surface area contributed by atoms with Gasteiger partial charge in [0.15, 0.2) is 9.84 Å². The third-order valence-electron chi connectivity index (χ3n) is 3.02. The lowest BCUT2D eigenvalue weighted by atomic mass is 10.1. The minimum Gasteiger partial charge on any atom is -0.387 e. The summed E-state index contributed by atoms with van der Waals surface area (Å²) in [6.45, 7) is 0.196. The molecule has 2 aromatic rings. The first-order chi connectivity index (χ1) is 9.86. The quantitative estimate of drug-likeness (QED) is 0.890. The van der Waals surface area contributed by atoms with Crippen molar-refractivity contribution in [3.05, 3.63) is 59.9 Å². The fourth-order valence-corrected chi connectivity index (χ4v) is 2.50. The van der Waals surface area contributed by atoms with Crippen molar-refractivity contribution in [3.8, 4) is 0 Å². The van der Waals surface area contributed by atoms with Gasteiger partial charge in [-0.1, -0.05) is 18.2 Å². The van der Waals surface area contributed by atoms with Gasteiger partial charge in [-0.2, -0.15) is 0 Å². The van der Waals surface area contributed by atoms with Crippen molar-refractivity contribution in [3.63, 3.8) is 0 Å². The maximum atomic E-state index is 13.0. The monoisotopic (exact) mass is 309 g/mol. The molecule has 0 radical (unpaired) electrons. The Balaban J connectivity index is 2.02. The van der Waals surface area contributed by atoms with E-state index in [0.29, 0.717) is 11.3 Å². The zero-order valence-electron chi connectivity index (χ0n) is 11.5. The Morgan fingerprint density at radius 2 is 1.86 bits per heavy atom. The Bertz CT molecular complexity index is 714. The average molecular weight is 309 g/mol. The topological polar surface area (TPSA) is 66.4 Å². The summed E-state index contributed by atoms with van der Waals surface area (Å²) < 4.78 is 35.7. The summed E-state index contributed by atoms with van der Waals surface area (Å²) in [6, 6.07) is 12.0. The Labute approximate surface area is 123 Å². The molecule has 112 valence electrons. The van der Waals surface area contributed by atoms with E-state index >= 15 is 0 Å². The number of benzene rings is 2. The van der Waals surface area contributed by atoms with Gasteiger partial charge in [-0.05, 0) is 35.9 Å². The van der Waals surface area contributed by atoms with Gasteiger partial charge in [-0.15, -0.1) is 0 Å². The predicted molar refractivity (Wildman–Crippen MR) is 79.4 cm³/mol. The molecule has 0 aromatic heterocycles. The van der Waals surface area contributed by atoms with Crippen molar-refractivity contribution >= 4 is 15.5 Å². The third-order valence-corrected chi connectivity index (χ3v) is 4.15. The number of aliphatic hydroxyl groups is 1. The maximum absolute atomic E-state index is 13.0. The summed E-state index contributed by atoms with van der Waals surface area (Å²) in [5.74, 6) is -0.355. The molecule has 2 aromatic carbocycles. The molecule has 1 atom stereocenters. The van der Waals surface area contributed by atoms with Crippen LogP contribution in [0, 0.1) is 5.82 Å². The molecule has 0 aliphatic heterocycles. The number of hydrogen-bond donors (Lipinski definition) is 2. The average Bonchev–Trinajstić information content (AvgIpc) is 2.44. The summed E-state index contributed by atoms with van der Waals surface area (Å²) in [5, 5.41) is 13.0. The van der Waals surface area contributed by atoms with Crippen molar-refractivity contribution in [2.75, 3.05) is 18.1 Å². The molecule has 0 bridgehead atoms. The van der Waals surface area contributed by atoms with Crippen LogP contribution in [0.15, 0.2) is 53.4 Å². The predicted octanol–water partition coefficient (Wildman–Crippen LogP) is 2.37. The van der Waals surface area contributed by atoms with Crippen LogP contribution in [0.25, 0.3) is 0 Å². The summed E-state index contributed by atoms with van der Waals surface area (Å²) in [7, 11) is -3.24. The lowest BCUT2D eigenvalue weighted by molar-refractivity contribution is 0.191. The zero-order valence-corrected chi connectivity index (χ0v) is 12.3. The van der Waals surface area contributed by atoms with Gasteiger partial charge < -0.3 is 10.4 Å². The van der Waals surface area contributed by atoms with E-state index in [2.05, 4.69) is 5.32 Å². The lowest BCUT2D eigenvalue weighted by Gasteiger charge is -2.13. The number of halogens is 1. The van der Waals surface area contributed by atoms with Crippen molar-refractivity contribution in [2.45, 2.75) is 11.0 Å². The van der Waals surface area contributed by atoms with Gasteiger partial charge in [0, 0.05) is 18.5 Å². The maximum Gasteiger partial charge on any atom is 0.175 e. The molecule has 2 rings (SSSR count). The Kier molecular flexibility index (Phi) is 4.59. The molecule has 0 fully saturated rings. The molecule has 0 heterocycles. The van der Waals surface area contributed by atoms with Gasteiger partial charge in [0.05, 0.1) is 11.0 Å². The van der Waals surface area contributed by atoms with Crippen LogP contribution in [0.2, 0.25) is 0 Å². The molecule has 0 aliphatic carbocycles. The van der Waals surface area contributed by atoms with E-state index in [-0.39, 0.29) is 17.3 Å². The van der Waals surface area contributed by atoms with Crippen LogP contribution >= 0.6 is 0 Å². The van der Waals surface area contributed by atoms with Crippen molar-refractivity contribution in [1.82, 2.24) is 0 Å². The largest absolute Gasteiger partial charge is 0.387 e. The van der Waals surface area contributed by atoms with Crippen LogP contribution in [-0.4, -0.2) is 26.3 Å². The molecular weight excluding hydrogens is 293 g/mol. The highest BCUT2D eigenvalue weighted by Crippen LogP contribution is 2.18. The second-order valence-electron chi connectivity index (χ2n) is 4.75. The molecule has 21 heavy (non-hydrogen) atoms. The second-order valence-corrected chi connectivity index (χ2v) is 6.76. The third kappa shape index (κ3) is 4.27. The number of nitrogens with one attached hydrogen (secondary N) is 1. The molecule has 0 spiro atoms. The summed E-state index contributed by atoms with van der Waals surface area (Å²) >= 11 is 0. The van der Waals surface area contributed by atoms with Gasteiger partial charge in [0.1, 0.15) is 5.82 Å². The SMILES string of the molecule is CS(=O)(=O)c1ccc(C(O)CNc2cccc(F)c2)cc1. The number of sulfone groups is 1. The van der Waals surface area contributed by atoms with E-state index in [4.69, 9.17) is 0 Å². The first-order valence-corrected chi connectivity index (χ1v) is 8.23. The Hall–Kier alpha value is -1.92. The van der Waals surface area contributed by atoms with Crippen molar-refractivity contribution in [2.24, 2.45) is 0 Å². The zero-order chi connectivity index (χ0) is 15.5. The number of anilines is 1. The van der Waals surface area contributed by atoms with Crippen LogP contribution < -0.4 is 5.32 Å². The van der Waals surface area contributed by atoms with E-state index < -0.39 is 15.9 Å². The van der Waals surface area contributed by atoms with Crippen LogP contribution in [0.5, 0.6) is 0 Å². The van der Waals surface area contributed by atoms with Gasteiger partial charge in [-0.25, -0.2) is 12.8 Å². The highest BCUT2D eigenvalue weighted by Gasteiger charge is 2.10. The van der Waals surface area contributed by atoms with Crippen molar-refractivity contribution < 1.29 is 17.9 Å². The minimum absolute atomic E-state index is 0.196. The first kappa shape index (κ1) is 15.5. The molecule has 0 saturated carbocycles. The van der Waals surface area contributed by atoms with Crippen LogP contribution in [0.1, 0.15) is 11.7 Å². The highest BCUT2D eigenvalue weighted by molar-refractivity contribution is 7.90. The molecule has 4 nitrogen and oxygen atoms in total. The fraction of sp³-hybridized carbons (Fsp3) is 0.200. The Morgan fingerprint density at radius 1 is 1.19 bits per heavy atom. The van der Waals surface area contributed by atoms with Gasteiger partial charge in [0.2, 0.25) is 0 Å². The molecule has 1 unspecified atom stereocenters. The summed E-state index contributed by atoms with van der Waals surface area (Å²) in [5.41, 5.74) is 1.16. The van der Waals surface area contributed by atoms with Gasteiger partial charge >= 0.3 is 0 Å². The highest BCUT2D eigenvalue weighted by atomic mass is 32.2. The molecule has 0 amide bonds. The fourth-order valence-electron chi connectivity index (χ4n) is 1.87. The Morgan fingerprint density at radius 3 is 2.43 bits per heavy atom. The van der Waals surface area contributed by atoms with E-state index in [0.717, 1.165) is 6.26 Å². The molecule has 0 aliphatic rings. The van der Waals surface area contributed by atoms with Gasteiger partial charge in [0.25, 0.3) is 0 Å². The van der Waals surface area contributed by atoms with Crippen molar-refractivity contribution in [1.29, 1.82) is 0 Å². The number of hydrogen-bond acceptors (Lipinski definition) is 4. The summed E-state index contributed by atoms with van der Waals surface area (Å²) in [4.78, 5) is 0.205. The molecule has 2 N–H and O–H groups in total. The number of aliphatic hydroxyl groups excluding tert-OH is 1. The van der Waals surface area contributed by atoms with E-state index in [1.165, 1.54) is 24.3 Å². The molecular formula is C15H16FNO3S. The van der Waals surface area contributed by atoms with E-state index in [1.807, 2.05) is 0 Å². The first-order valence-electron chi connectivity index (χ1n) is 6.34.